The Morgan fingerprint density at radius 2 is 2.06 bits per heavy atom. The van der Waals surface area contributed by atoms with Crippen LogP contribution < -0.4 is 4.90 Å². The SMILES string of the molecule is CC(=O)N(Cc1ccccn1)c1cccc(C)c1. The maximum atomic E-state index is 11.8. The summed E-state index contributed by atoms with van der Waals surface area (Å²) in [5.74, 6) is 0.0197. The molecule has 92 valence electrons. The summed E-state index contributed by atoms with van der Waals surface area (Å²) in [4.78, 5) is 17.7. The van der Waals surface area contributed by atoms with Gasteiger partial charge in [0.15, 0.2) is 0 Å². The number of amides is 1. The van der Waals surface area contributed by atoms with Gasteiger partial charge in [-0.25, -0.2) is 0 Å². The second-order valence-electron chi connectivity index (χ2n) is 4.27. The van der Waals surface area contributed by atoms with Crippen molar-refractivity contribution in [3.8, 4) is 0 Å². The number of hydrogen-bond donors (Lipinski definition) is 0. The van der Waals surface area contributed by atoms with E-state index in [4.69, 9.17) is 0 Å². The average Bonchev–Trinajstić information content (AvgIpc) is 2.37. The van der Waals surface area contributed by atoms with Crippen molar-refractivity contribution in [1.29, 1.82) is 0 Å². The van der Waals surface area contributed by atoms with Crippen molar-refractivity contribution >= 4 is 11.6 Å². The fourth-order valence-corrected chi connectivity index (χ4v) is 1.83. The summed E-state index contributed by atoms with van der Waals surface area (Å²) >= 11 is 0. The molecule has 0 atom stereocenters. The van der Waals surface area contributed by atoms with Crippen LogP contribution in [-0.2, 0) is 11.3 Å². The molecule has 0 N–H and O–H groups in total. The van der Waals surface area contributed by atoms with Crippen LogP contribution in [0.15, 0.2) is 48.7 Å². The van der Waals surface area contributed by atoms with E-state index in [-0.39, 0.29) is 5.91 Å². The molecule has 3 heteroatoms. The maximum absolute atomic E-state index is 11.8. The third kappa shape index (κ3) is 2.94. The minimum Gasteiger partial charge on any atom is -0.307 e. The Hall–Kier alpha value is -2.16. The Balaban J connectivity index is 2.27. The van der Waals surface area contributed by atoms with E-state index in [1.165, 1.54) is 0 Å². The van der Waals surface area contributed by atoms with E-state index in [2.05, 4.69) is 4.98 Å². The minimum atomic E-state index is 0.0197. The zero-order valence-corrected chi connectivity index (χ0v) is 10.6. The summed E-state index contributed by atoms with van der Waals surface area (Å²) < 4.78 is 0. The van der Waals surface area contributed by atoms with Crippen LogP contribution in [0.2, 0.25) is 0 Å². The summed E-state index contributed by atoms with van der Waals surface area (Å²) in [7, 11) is 0. The van der Waals surface area contributed by atoms with Gasteiger partial charge in [0.05, 0.1) is 12.2 Å². The summed E-state index contributed by atoms with van der Waals surface area (Å²) in [5.41, 5.74) is 2.93. The standard InChI is InChI=1S/C15H16N2O/c1-12-6-5-8-15(10-12)17(13(2)18)11-14-7-3-4-9-16-14/h3-10H,11H2,1-2H3. The first kappa shape index (κ1) is 12.3. The predicted molar refractivity (Wildman–Crippen MR) is 72.3 cm³/mol. The monoisotopic (exact) mass is 240 g/mol. The van der Waals surface area contributed by atoms with Crippen LogP contribution in [-0.4, -0.2) is 10.9 Å². The van der Waals surface area contributed by atoms with Crippen molar-refractivity contribution in [3.63, 3.8) is 0 Å². The predicted octanol–water partition coefficient (Wildman–Crippen LogP) is 2.94. The van der Waals surface area contributed by atoms with Crippen LogP contribution in [0, 0.1) is 6.92 Å². The number of anilines is 1. The Morgan fingerprint density at radius 1 is 1.22 bits per heavy atom. The molecule has 0 radical (unpaired) electrons. The van der Waals surface area contributed by atoms with Crippen molar-refractivity contribution in [2.45, 2.75) is 20.4 Å². The minimum absolute atomic E-state index is 0.0197. The first-order chi connectivity index (χ1) is 8.66. The van der Waals surface area contributed by atoms with Crippen molar-refractivity contribution in [2.75, 3.05) is 4.90 Å². The van der Waals surface area contributed by atoms with Gasteiger partial charge < -0.3 is 4.90 Å². The van der Waals surface area contributed by atoms with Gasteiger partial charge in [-0.15, -0.1) is 0 Å². The number of benzene rings is 1. The van der Waals surface area contributed by atoms with E-state index in [1.807, 2.05) is 49.4 Å². The number of rotatable bonds is 3. The summed E-state index contributed by atoms with van der Waals surface area (Å²) in [6.45, 7) is 4.09. The molecule has 2 aromatic rings. The van der Waals surface area contributed by atoms with E-state index in [9.17, 15) is 4.79 Å². The molecule has 1 aromatic heterocycles. The van der Waals surface area contributed by atoms with Gasteiger partial charge in [0.1, 0.15) is 0 Å². The van der Waals surface area contributed by atoms with E-state index >= 15 is 0 Å². The number of pyridine rings is 1. The lowest BCUT2D eigenvalue weighted by Crippen LogP contribution is -2.28. The van der Waals surface area contributed by atoms with Crippen molar-refractivity contribution < 1.29 is 4.79 Å². The Labute approximate surface area is 107 Å². The maximum Gasteiger partial charge on any atom is 0.224 e. The average molecular weight is 240 g/mol. The molecular formula is C15H16N2O. The van der Waals surface area contributed by atoms with Crippen molar-refractivity contribution in [1.82, 2.24) is 4.98 Å². The van der Waals surface area contributed by atoms with Gasteiger partial charge >= 0.3 is 0 Å². The fourth-order valence-electron chi connectivity index (χ4n) is 1.83. The highest BCUT2D eigenvalue weighted by molar-refractivity contribution is 5.91. The molecule has 3 nitrogen and oxygen atoms in total. The normalized spacial score (nSPS) is 10.1. The lowest BCUT2D eigenvalue weighted by molar-refractivity contribution is -0.116. The zero-order chi connectivity index (χ0) is 13.0. The summed E-state index contributed by atoms with van der Waals surface area (Å²) in [5, 5.41) is 0. The second kappa shape index (κ2) is 5.45. The fraction of sp³-hybridized carbons (Fsp3) is 0.200. The molecule has 2 rings (SSSR count). The van der Waals surface area contributed by atoms with Crippen LogP contribution in [0.4, 0.5) is 5.69 Å². The van der Waals surface area contributed by atoms with Crippen molar-refractivity contribution in [2.24, 2.45) is 0 Å². The third-order valence-corrected chi connectivity index (χ3v) is 2.74. The molecule has 0 saturated heterocycles. The number of nitrogens with zero attached hydrogens (tertiary/aromatic N) is 2. The number of aromatic nitrogens is 1. The molecule has 1 amide bonds. The van der Waals surface area contributed by atoms with Crippen LogP contribution in [0.25, 0.3) is 0 Å². The Bertz CT molecular complexity index is 537. The quantitative estimate of drug-likeness (QED) is 0.826. The van der Waals surface area contributed by atoms with Crippen LogP contribution in [0.5, 0.6) is 0 Å². The first-order valence-corrected chi connectivity index (χ1v) is 5.91. The lowest BCUT2D eigenvalue weighted by atomic mass is 10.2. The van der Waals surface area contributed by atoms with Crippen LogP contribution in [0.1, 0.15) is 18.2 Å². The zero-order valence-electron chi connectivity index (χ0n) is 10.6. The molecule has 0 spiro atoms. The number of aryl methyl sites for hydroxylation is 1. The van der Waals surface area contributed by atoms with Gasteiger partial charge in [-0.05, 0) is 36.8 Å². The van der Waals surface area contributed by atoms with Gasteiger partial charge in [-0.2, -0.15) is 0 Å². The molecular weight excluding hydrogens is 224 g/mol. The molecule has 18 heavy (non-hydrogen) atoms. The van der Waals surface area contributed by atoms with Gasteiger partial charge in [-0.3, -0.25) is 9.78 Å². The van der Waals surface area contributed by atoms with Gasteiger partial charge in [-0.1, -0.05) is 18.2 Å². The smallest absolute Gasteiger partial charge is 0.224 e. The molecule has 0 aliphatic carbocycles. The van der Waals surface area contributed by atoms with Gasteiger partial charge in [0, 0.05) is 18.8 Å². The van der Waals surface area contributed by atoms with E-state index < -0.39 is 0 Å². The molecule has 0 saturated carbocycles. The number of hydrogen-bond acceptors (Lipinski definition) is 2. The lowest BCUT2D eigenvalue weighted by Gasteiger charge is -2.21. The highest BCUT2D eigenvalue weighted by atomic mass is 16.2. The van der Waals surface area contributed by atoms with E-state index in [0.717, 1.165) is 16.9 Å². The largest absolute Gasteiger partial charge is 0.307 e. The molecule has 0 aliphatic heterocycles. The van der Waals surface area contributed by atoms with Gasteiger partial charge in [0.2, 0.25) is 5.91 Å². The van der Waals surface area contributed by atoms with E-state index in [0.29, 0.717) is 6.54 Å². The molecule has 1 heterocycles. The Morgan fingerprint density at radius 3 is 2.67 bits per heavy atom. The summed E-state index contributed by atoms with van der Waals surface area (Å²) in [6.07, 6.45) is 1.74. The number of carbonyl (C=O) groups is 1. The summed E-state index contributed by atoms with van der Waals surface area (Å²) in [6, 6.07) is 13.6. The molecule has 0 fully saturated rings. The number of carbonyl (C=O) groups excluding carboxylic acids is 1. The second-order valence-corrected chi connectivity index (χ2v) is 4.27. The first-order valence-electron chi connectivity index (χ1n) is 5.91. The molecule has 0 unspecified atom stereocenters. The highest BCUT2D eigenvalue weighted by Gasteiger charge is 2.12. The third-order valence-electron chi connectivity index (χ3n) is 2.74. The van der Waals surface area contributed by atoms with Crippen molar-refractivity contribution in [3.05, 3.63) is 59.9 Å². The van der Waals surface area contributed by atoms with Crippen LogP contribution >= 0.6 is 0 Å². The molecule has 1 aromatic carbocycles. The van der Waals surface area contributed by atoms with E-state index in [1.54, 1.807) is 18.0 Å². The Kier molecular flexibility index (Phi) is 3.72. The topological polar surface area (TPSA) is 33.2 Å². The molecule has 0 bridgehead atoms. The van der Waals surface area contributed by atoms with Gasteiger partial charge in [0.25, 0.3) is 0 Å². The molecule has 0 aliphatic rings. The van der Waals surface area contributed by atoms with Crippen LogP contribution in [0.3, 0.4) is 0 Å². The highest BCUT2D eigenvalue weighted by Crippen LogP contribution is 2.18.